The van der Waals surface area contributed by atoms with Crippen LogP contribution in [0.1, 0.15) is 44.9 Å². The quantitative estimate of drug-likeness (QED) is 0.829. The predicted molar refractivity (Wildman–Crippen MR) is 93.8 cm³/mol. The monoisotopic (exact) mass is 302 g/mol. The van der Waals surface area contributed by atoms with E-state index in [0.29, 0.717) is 12.0 Å². The summed E-state index contributed by atoms with van der Waals surface area (Å²) < 4.78 is 0. The fourth-order valence-electron chi connectivity index (χ4n) is 3.86. The number of piperidine rings is 1. The number of likely N-dealkylation sites (tertiary alicyclic amines) is 1. The zero-order valence-electron chi connectivity index (χ0n) is 12.8. The van der Waals surface area contributed by atoms with Crippen LogP contribution in [0.3, 0.4) is 0 Å². The minimum Gasteiger partial charge on any atom is -0.350 e. The Hall–Kier alpha value is -0.930. The summed E-state index contributed by atoms with van der Waals surface area (Å²) in [6.45, 7) is 2.55. The van der Waals surface area contributed by atoms with Crippen molar-refractivity contribution in [3.05, 3.63) is 30.3 Å². The first kappa shape index (κ1) is 15.0. The molecule has 0 bridgehead atoms. The summed E-state index contributed by atoms with van der Waals surface area (Å²) in [5.74, 6) is 0.534. The molecule has 1 saturated carbocycles. The zero-order chi connectivity index (χ0) is 14.5. The molecule has 0 unspecified atom stereocenters. The van der Waals surface area contributed by atoms with Crippen molar-refractivity contribution in [3.63, 3.8) is 0 Å². The number of nitrogens with zero attached hydrogens (tertiary/aromatic N) is 1. The van der Waals surface area contributed by atoms with Gasteiger partial charge in [0.05, 0.1) is 4.99 Å². The molecule has 1 heterocycles. The first-order valence-electron chi connectivity index (χ1n) is 8.44. The molecule has 1 aromatic carbocycles. The van der Waals surface area contributed by atoms with Crippen LogP contribution in [-0.2, 0) is 0 Å². The third-order valence-corrected chi connectivity index (χ3v) is 5.37. The van der Waals surface area contributed by atoms with E-state index in [4.69, 9.17) is 12.2 Å². The van der Waals surface area contributed by atoms with E-state index in [0.717, 1.165) is 10.7 Å². The number of anilines is 1. The molecule has 0 radical (unpaired) electrons. The van der Waals surface area contributed by atoms with Gasteiger partial charge in [0.1, 0.15) is 0 Å². The van der Waals surface area contributed by atoms with E-state index in [1.54, 1.807) is 0 Å². The molecule has 2 aliphatic rings. The van der Waals surface area contributed by atoms with Crippen LogP contribution in [0.4, 0.5) is 5.69 Å². The first-order valence-corrected chi connectivity index (χ1v) is 8.85. The van der Waals surface area contributed by atoms with Crippen molar-refractivity contribution in [3.8, 4) is 0 Å². The van der Waals surface area contributed by atoms with Crippen LogP contribution in [0.15, 0.2) is 30.3 Å². The lowest BCUT2D eigenvalue weighted by molar-refractivity contribution is 0.110. The van der Waals surface area contributed by atoms with Crippen molar-refractivity contribution in [1.82, 2.24) is 4.90 Å². The van der Waals surface area contributed by atoms with Crippen LogP contribution in [-0.4, -0.2) is 29.0 Å². The third-order valence-electron chi connectivity index (χ3n) is 4.97. The largest absolute Gasteiger partial charge is 0.350 e. The number of hydrogen-bond donors (Lipinski definition) is 1. The highest BCUT2D eigenvalue weighted by atomic mass is 32.1. The summed E-state index contributed by atoms with van der Waals surface area (Å²) in [5, 5.41) is 3.49. The van der Waals surface area contributed by atoms with E-state index in [1.807, 2.05) is 6.07 Å². The molecular weight excluding hydrogens is 276 g/mol. The van der Waals surface area contributed by atoms with E-state index in [-0.39, 0.29) is 0 Å². The number of nitrogens with one attached hydrogen (secondary N) is 1. The number of benzene rings is 1. The van der Waals surface area contributed by atoms with Gasteiger partial charge in [0, 0.05) is 17.6 Å². The molecule has 1 N–H and O–H groups in total. The standard InChI is InChI=1S/C18H26N2S/c21-18(19-15-9-3-1-4-10-15)16-11-5-6-12-17(16)20-13-7-2-8-14-20/h1,3-4,9-10,16-17H,2,5-8,11-14H2,(H,19,21)/t16-,17-/m0/s1. The topological polar surface area (TPSA) is 15.3 Å². The van der Waals surface area contributed by atoms with Gasteiger partial charge in [0.2, 0.25) is 0 Å². The van der Waals surface area contributed by atoms with Crippen molar-refractivity contribution >= 4 is 22.9 Å². The Balaban J connectivity index is 1.66. The van der Waals surface area contributed by atoms with Crippen molar-refractivity contribution in [1.29, 1.82) is 0 Å². The molecule has 0 amide bonds. The molecule has 1 aliphatic heterocycles. The minimum absolute atomic E-state index is 0.534. The Bertz CT molecular complexity index is 454. The van der Waals surface area contributed by atoms with Gasteiger partial charge in [0.15, 0.2) is 0 Å². The van der Waals surface area contributed by atoms with Crippen LogP contribution >= 0.6 is 12.2 Å². The summed E-state index contributed by atoms with van der Waals surface area (Å²) in [6, 6.07) is 11.0. The van der Waals surface area contributed by atoms with Gasteiger partial charge in [-0.15, -0.1) is 0 Å². The minimum atomic E-state index is 0.534. The lowest BCUT2D eigenvalue weighted by Gasteiger charge is -2.42. The summed E-state index contributed by atoms with van der Waals surface area (Å²) in [6.07, 6.45) is 9.39. The zero-order valence-corrected chi connectivity index (χ0v) is 13.6. The number of hydrogen-bond acceptors (Lipinski definition) is 2. The SMILES string of the molecule is S=C(Nc1ccccc1)[C@H]1CCCC[C@@H]1N1CCCCC1. The highest BCUT2D eigenvalue weighted by Gasteiger charge is 2.33. The van der Waals surface area contributed by atoms with Gasteiger partial charge in [-0.25, -0.2) is 0 Å². The lowest BCUT2D eigenvalue weighted by Crippen LogP contribution is -2.48. The number of rotatable bonds is 3. The molecule has 0 aromatic heterocycles. The third kappa shape index (κ3) is 3.83. The molecule has 2 atom stereocenters. The van der Waals surface area contributed by atoms with Crippen LogP contribution in [0.5, 0.6) is 0 Å². The maximum absolute atomic E-state index is 5.76. The lowest BCUT2D eigenvalue weighted by atomic mass is 9.82. The molecule has 114 valence electrons. The number of para-hydroxylation sites is 1. The van der Waals surface area contributed by atoms with Crippen LogP contribution in [0.2, 0.25) is 0 Å². The fraction of sp³-hybridized carbons (Fsp3) is 0.611. The second-order valence-electron chi connectivity index (χ2n) is 6.41. The molecular formula is C18H26N2S. The van der Waals surface area contributed by atoms with Gasteiger partial charge >= 0.3 is 0 Å². The Morgan fingerprint density at radius 1 is 0.952 bits per heavy atom. The second kappa shape index (κ2) is 7.37. The van der Waals surface area contributed by atoms with Crippen LogP contribution in [0.25, 0.3) is 0 Å². The smallest absolute Gasteiger partial charge is 0.0844 e. The van der Waals surface area contributed by atoms with Crippen LogP contribution < -0.4 is 5.32 Å². The van der Waals surface area contributed by atoms with Gasteiger partial charge < -0.3 is 5.32 Å². The molecule has 3 rings (SSSR count). The average molecular weight is 302 g/mol. The molecule has 21 heavy (non-hydrogen) atoms. The van der Waals surface area contributed by atoms with E-state index < -0.39 is 0 Å². The molecule has 2 fully saturated rings. The molecule has 0 spiro atoms. The molecule has 1 aliphatic carbocycles. The van der Waals surface area contributed by atoms with Crippen molar-refractivity contribution < 1.29 is 0 Å². The fourth-order valence-corrected chi connectivity index (χ4v) is 4.25. The van der Waals surface area contributed by atoms with Gasteiger partial charge in [-0.3, -0.25) is 4.90 Å². The van der Waals surface area contributed by atoms with Gasteiger partial charge in [-0.1, -0.05) is 49.7 Å². The van der Waals surface area contributed by atoms with E-state index in [2.05, 4.69) is 34.5 Å². The highest BCUT2D eigenvalue weighted by molar-refractivity contribution is 7.80. The number of thiocarbonyl (C=S) groups is 1. The molecule has 2 nitrogen and oxygen atoms in total. The second-order valence-corrected chi connectivity index (χ2v) is 6.85. The Kier molecular flexibility index (Phi) is 5.26. The van der Waals surface area contributed by atoms with E-state index >= 15 is 0 Å². The Labute approximate surface area is 133 Å². The average Bonchev–Trinajstić information content (AvgIpc) is 2.56. The maximum Gasteiger partial charge on any atom is 0.0844 e. The predicted octanol–water partition coefficient (Wildman–Crippen LogP) is 4.47. The van der Waals surface area contributed by atoms with Gasteiger partial charge in [0.25, 0.3) is 0 Å². The first-order chi connectivity index (χ1) is 10.3. The van der Waals surface area contributed by atoms with Gasteiger partial charge in [-0.2, -0.15) is 0 Å². The van der Waals surface area contributed by atoms with E-state index in [1.165, 1.54) is 58.0 Å². The molecule has 1 aromatic rings. The van der Waals surface area contributed by atoms with Crippen molar-refractivity contribution in [2.75, 3.05) is 18.4 Å². The Morgan fingerprint density at radius 2 is 1.67 bits per heavy atom. The molecule has 1 saturated heterocycles. The van der Waals surface area contributed by atoms with Crippen molar-refractivity contribution in [2.24, 2.45) is 5.92 Å². The van der Waals surface area contributed by atoms with Crippen LogP contribution in [0, 0.1) is 5.92 Å². The normalized spacial score (nSPS) is 27.2. The summed E-state index contributed by atoms with van der Waals surface area (Å²) in [7, 11) is 0. The highest BCUT2D eigenvalue weighted by Crippen LogP contribution is 2.31. The maximum atomic E-state index is 5.76. The van der Waals surface area contributed by atoms with Gasteiger partial charge in [-0.05, 0) is 50.9 Å². The molecule has 3 heteroatoms. The summed E-state index contributed by atoms with van der Waals surface area (Å²) in [4.78, 5) is 3.77. The summed E-state index contributed by atoms with van der Waals surface area (Å²) >= 11 is 5.76. The van der Waals surface area contributed by atoms with E-state index in [9.17, 15) is 0 Å². The summed E-state index contributed by atoms with van der Waals surface area (Å²) in [5.41, 5.74) is 1.13. The van der Waals surface area contributed by atoms with Crippen molar-refractivity contribution in [2.45, 2.75) is 51.0 Å². The Morgan fingerprint density at radius 3 is 2.43 bits per heavy atom.